The monoisotopic (exact) mass is 243 g/mol. The van der Waals surface area contributed by atoms with Gasteiger partial charge in [-0.1, -0.05) is 0 Å². The molecular weight excluding hydrogens is 226 g/mol. The standard InChI is InChI=1S/C10H17N3O2S/c1-2-15-10(14)9(13-12)8-16-7-5-3-4-6-11/h2-5,7-8,12H2,1H3/b13-9-. The summed E-state index contributed by atoms with van der Waals surface area (Å²) in [5, 5.41) is 11.7. The zero-order valence-corrected chi connectivity index (χ0v) is 10.3. The predicted molar refractivity (Wildman–Crippen MR) is 65.0 cm³/mol. The van der Waals surface area contributed by atoms with Gasteiger partial charge in [0.15, 0.2) is 5.71 Å². The van der Waals surface area contributed by atoms with Crippen molar-refractivity contribution >= 4 is 23.4 Å². The molecule has 6 heteroatoms. The van der Waals surface area contributed by atoms with Gasteiger partial charge in [-0.05, 0) is 25.5 Å². The van der Waals surface area contributed by atoms with Gasteiger partial charge in [0, 0.05) is 12.2 Å². The molecule has 0 saturated carbocycles. The van der Waals surface area contributed by atoms with Gasteiger partial charge in [-0.25, -0.2) is 4.79 Å². The molecule has 0 spiro atoms. The molecule has 16 heavy (non-hydrogen) atoms. The van der Waals surface area contributed by atoms with Crippen molar-refractivity contribution in [2.75, 3.05) is 18.1 Å². The molecule has 0 radical (unpaired) electrons. The zero-order valence-electron chi connectivity index (χ0n) is 9.44. The van der Waals surface area contributed by atoms with Crippen molar-refractivity contribution < 1.29 is 9.53 Å². The average molecular weight is 243 g/mol. The van der Waals surface area contributed by atoms with Gasteiger partial charge in [-0.2, -0.15) is 22.1 Å². The van der Waals surface area contributed by atoms with E-state index in [1.165, 1.54) is 0 Å². The highest BCUT2D eigenvalue weighted by Gasteiger charge is 2.11. The summed E-state index contributed by atoms with van der Waals surface area (Å²) >= 11 is 1.57. The summed E-state index contributed by atoms with van der Waals surface area (Å²) in [6.45, 7) is 2.06. The number of thioether (sulfide) groups is 1. The molecule has 0 aromatic rings. The zero-order chi connectivity index (χ0) is 12.2. The van der Waals surface area contributed by atoms with Crippen LogP contribution in [0.2, 0.25) is 0 Å². The second-order valence-electron chi connectivity index (χ2n) is 2.96. The third kappa shape index (κ3) is 7.12. The summed E-state index contributed by atoms with van der Waals surface area (Å²) in [7, 11) is 0. The van der Waals surface area contributed by atoms with Crippen molar-refractivity contribution in [3.63, 3.8) is 0 Å². The van der Waals surface area contributed by atoms with Gasteiger partial charge in [0.1, 0.15) is 0 Å². The number of rotatable bonds is 8. The van der Waals surface area contributed by atoms with Crippen LogP contribution in [0.1, 0.15) is 26.2 Å². The van der Waals surface area contributed by atoms with Crippen molar-refractivity contribution in [2.24, 2.45) is 10.9 Å². The lowest BCUT2D eigenvalue weighted by Crippen LogP contribution is -2.21. The van der Waals surface area contributed by atoms with E-state index in [-0.39, 0.29) is 5.71 Å². The van der Waals surface area contributed by atoms with Crippen LogP contribution in [-0.2, 0) is 9.53 Å². The lowest BCUT2D eigenvalue weighted by atomic mass is 10.3. The molecule has 0 atom stereocenters. The number of unbranched alkanes of at least 4 members (excludes halogenated alkanes) is 2. The number of nitriles is 1. The van der Waals surface area contributed by atoms with E-state index in [1.807, 2.05) is 0 Å². The number of hydrogen-bond donors (Lipinski definition) is 1. The Bertz CT molecular complexity index is 274. The lowest BCUT2D eigenvalue weighted by molar-refractivity contribution is -0.135. The molecule has 0 aliphatic heterocycles. The first kappa shape index (κ1) is 14.8. The van der Waals surface area contributed by atoms with Crippen molar-refractivity contribution in [3.8, 4) is 6.07 Å². The maximum atomic E-state index is 11.3. The first-order valence-corrected chi connectivity index (χ1v) is 6.30. The van der Waals surface area contributed by atoms with Gasteiger partial charge in [-0.15, -0.1) is 0 Å². The van der Waals surface area contributed by atoms with Crippen LogP contribution in [0, 0.1) is 11.3 Å². The normalized spacial score (nSPS) is 10.9. The summed E-state index contributed by atoms with van der Waals surface area (Å²) in [6.07, 6.45) is 2.42. The van der Waals surface area contributed by atoms with Crippen LogP contribution < -0.4 is 5.84 Å². The second kappa shape index (κ2) is 10.3. The summed E-state index contributed by atoms with van der Waals surface area (Å²) in [5.41, 5.74) is 0.257. The molecule has 0 aromatic heterocycles. The molecular formula is C10H17N3O2S. The van der Waals surface area contributed by atoms with Gasteiger partial charge in [-0.3, -0.25) is 0 Å². The topological polar surface area (TPSA) is 88.5 Å². The molecule has 0 heterocycles. The Kier molecular flexibility index (Phi) is 9.52. The maximum absolute atomic E-state index is 11.3. The van der Waals surface area contributed by atoms with E-state index in [0.29, 0.717) is 18.8 Å². The van der Waals surface area contributed by atoms with Crippen LogP contribution in [0.25, 0.3) is 0 Å². The Morgan fingerprint density at radius 2 is 2.31 bits per heavy atom. The van der Waals surface area contributed by atoms with Crippen molar-refractivity contribution in [1.29, 1.82) is 5.26 Å². The highest BCUT2D eigenvalue weighted by Crippen LogP contribution is 2.07. The number of carbonyl (C=O) groups is 1. The number of nitrogens with two attached hydrogens (primary N) is 1. The fraction of sp³-hybridized carbons (Fsp3) is 0.700. The quantitative estimate of drug-likeness (QED) is 0.228. The Morgan fingerprint density at radius 3 is 2.88 bits per heavy atom. The number of nitrogens with zero attached hydrogens (tertiary/aromatic N) is 2. The summed E-state index contributed by atoms with van der Waals surface area (Å²) in [4.78, 5) is 11.3. The maximum Gasteiger partial charge on any atom is 0.355 e. The third-order valence-corrected chi connectivity index (χ3v) is 2.79. The van der Waals surface area contributed by atoms with Gasteiger partial charge < -0.3 is 10.6 Å². The Morgan fingerprint density at radius 1 is 1.56 bits per heavy atom. The van der Waals surface area contributed by atoms with E-state index in [1.54, 1.807) is 18.7 Å². The van der Waals surface area contributed by atoms with Crippen molar-refractivity contribution in [3.05, 3.63) is 0 Å². The molecule has 0 aliphatic carbocycles. The van der Waals surface area contributed by atoms with E-state index >= 15 is 0 Å². The van der Waals surface area contributed by atoms with Crippen LogP contribution in [0.4, 0.5) is 0 Å². The minimum atomic E-state index is -0.450. The third-order valence-electron chi connectivity index (χ3n) is 1.73. The molecule has 0 fully saturated rings. The van der Waals surface area contributed by atoms with Crippen LogP contribution >= 0.6 is 11.8 Å². The number of esters is 1. The molecule has 0 aromatic carbocycles. The molecule has 90 valence electrons. The van der Waals surface area contributed by atoms with Gasteiger partial charge in [0.05, 0.1) is 12.7 Å². The average Bonchev–Trinajstić information content (AvgIpc) is 2.28. The molecule has 0 saturated heterocycles. The van der Waals surface area contributed by atoms with E-state index in [0.717, 1.165) is 18.6 Å². The molecule has 0 unspecified atom stereocenters. The van der Waals surface area contributed by atoms with Crippen molar-refractivity contribution in [2.45, 2.75) is 26.2 Å². The SMILES string of the molecule is CCOC(=O)/C(CSCCCCC#N)=N\N. The molecule has 0 bridgehead atoms. The molecule has 0 amide bonds. The number of hydrogen-bond acceptors (Lipinski definition) is 6. The first-order chi connectivity index (χ1) is 7.76. The van der Waals surface area contributed by atoms with E-state index in [9.17, 15) is 4.79 Å². The summed E-state index contributed by atoms with van der Waals surface area (Å²) in [6, 6.07) is 2.09. The van der Waals surface area contributed by atoms with E-state index in [4.69, 9.17) is 15.8 Å². The Hall–Kier alpha value is -1.22. The fourth-order valence-corrected chi connectivity index (χ4v) is 1.88. The van der Waals surface area contributed by atoms with Crippen LogP contribution in [0.3, 0.4) is 0 Å². The molecule has 5 nitrogen and oxygen atoms in total. The highest BCUT2D eigenvalue weighted by molar-refractivity contribution is 8.00. The second-order valence-corrected chi connectivity index (χ2v) is 4.07. The molecule has 0 aliphatic rings. The molecule has 2 N–H and O–H groups in total. The van der Waals surface area contributed by atoms with Gasteiger partial charge >= 0.3 is 5.97 Å². The number of ether oxygens (including phenoxy) is 1. The van der Waals surface area contributed by atoms with Crippen molar-refractivity contribution in [1.82, 2.24) is 0 Å². The van der Waals surface area contributed by atoms with E-state index in [2.05, 4.69) is 11.2 Å². The van der Waals surface area contributed by atoms with Gasteiger partial charge in [0.25, 0.3) is 0 Å². The predicted octanol–water partition coefficient (Wildman–Crippen LogP) is 1.29. The minimum absolute atomic E-state index is 0.257. The van der Waals surface area contributed by atoms with Crippen LogP contribution in [0.15, 0.2) is 5.10 Å². The first-order valence-electron chi connectivity index (χ1n) is 5.14. The Labute approximate surface area is 100 Å². The largest absolute Gasteiger partial charge is 0.461 e. The fourth-order valence-electron chi connectivity index (χ4n) is 0.940. The van der Waals surface area contributed by atoms with Crippen LogP contribution in [-0.4, -0.2) is 29.8 Å². The summed E-state index contributed by atoms with van der Waals surface area (Å²) < 4.78 is 4.78. The summed E-state index contributed by atoms with van der Waals surface area (Å²) in [5.74, 6) is 6.00. The number of hydrazone groups is 1. The van der Waals surface area contributed by atoms with E-state index < -0.39 is 5.97 Å². The minimum Gasteiger partial charge on any atom is -0.461 e. The van der Waals surface area contributed by atoms with Gasteiger partial charge in [0.2, 0.25) is 0 Å². The molecule has 0 rings (SSSR count). The lowest BCUT2D eigenvalue weighted by Gasteiger charge is -2.04. The number of carbonyl (C=O) groups excluding carboxylic acids is 1. The van der Waals surface area contributed by atoms with Crippen LogP contribution in [0.5, 0.6) is 0 Å². The Balaban J connectivity index is 3.65. The smallest absolute Gasteiger partial charge is 0.355 e. The highest BCUT2D eigenvalue weighted by atomic mass is 32.2.